The Morgan fingerprint density at radius 3 is 2.52 bits per heavy atom. The van der Waals surface area contributed by atoms with Gasteiger partial charge in [-0.1, -0.05) is 40.7 Å². The van der Waals surface area contributed by atoms with Gasteiger partial charge in [-0.05, 0) is 42.7 Å². The van der Waals surface area contributed by atoms with Crippen LogP contribution in [0.25, 0.3) is 5.52 Å². The molecule has 27 heavy (non-hydrogen) atoms. The molecule has 1 saturated carbocycles. The van der Waals surface area contributed by atoms with Crippen LogP contribution in [0.3, 0.4) is 0 Å². The van der Waals surface area contributed by atoms with Crippen LogP contribution in [0.2, 0.25) is 0 Å². The van der Waals surface area contributed by atoms with Gasteiger partial charge in [0.25, 0.3) is 5.91 Å². The summed E-state index contributed by atoms with van der Waals surface area (Å²) < 4.78 is 2.12. The Balaban J connectivity index is 0.000000481. The summed E-state index contributed by atoms with van der Waals surface area (Å²) in [6.45, 7) is 10.6. The van der Waals surface area contributed by atoms with Crippen LogP contribution in [0.4, 0.5) is 4.79 Å². The van der Waals surface area contributed by atoms with E-state index in [-0.39, 0.29) is 17.4 Å². The summed E-state index contributed by atoms with van der Waals surface area (Å²) in [4.78, 5) is 28.3. The molecule has 2 unspecified atom stereocenters. The molecule has 0 aromatic carbocycles. The molecule has 6 heteroatoms. The van der Waals surface area contributed by atoms with Gasteiger partial charge in [0.1, 0.15) is 5.54 Å². The monoisotopic (exact) mass is 370 g/mol. The van der Waals surface area contributed by atoms with Crippen molar-refractivity contribution in [3.63, 3.8) is 0 Å². The van der Waals surface area contributed by atoms with E-state index >= 15 is 0 Å². The summed E-state index contributed by atoms with van der Waals surface area (Å²) >= 11 is 0. The number of amides is 3. The average Bonchev–Trinajstić information content (AvgIpc) is 3.14. The van der Waals surface area contributed by atoms with Gasteiger partial charge in [0.15, 0.2) is 0 Å². The molecule has 2 N–H and O–H groups in total. The van der Waals surface area contributed by atoms with Gasteiger partial charge >= 0.3 is 6.03 Å². The van der Waals surface area contributed by atoms with Crippen LogP contribution in [0.15, 0.2) is 30.7 Å². The third-order valence-corrected chi connectivity index (χ3v) is 5.62. The smallest absolute Gasteiger partial charge is 0.322 e. The molecule has 2 fully saturated rings. The van der Waals surface area contributed by atoms with Crippen molar-refractivity contribution in [3.8, 4) is 0 Å². The number of imidazole rings is 1. The van der Waals surface area contributed by atoms with Gasteiger partial charge in [0.2, 0.25) is 0 Å². The molecule has 3 amide bonds. The lowest BCUT2D eigenvalue weighted by molar-refractivity contribution is -0.130. The molecular formula is C21H30N4O2. The van der Waals surface area contributed by atoms with Crippen LogP contribution in [0.5, 0.6) is 0 Å². The van der Waals surface area contributed by atoms with Crippen molar-refractivity contribution in [2.45, 2.75) is 65.3 Å². The highest BCUT2D eigenvalue weighted by Gasteiger charge is 2.58. The molecule has 1 aliphatic carbocycles. The molecular weight excluding hydrogens is 340 g/mol. The van der Waals surface area contributed by atoms with Gasteiger partial charge in [-0.25, -0.2) is 9.78 Å². The summed E-state index contributed by atoms with van der Waals surface area (Å²) in [5.74, 6) is 0.977. The maximum Gasteiger partial charge on any atom is 0.322 e. The Kier molecular flexibility index (Phi) is 5.02. The highest BCUT2D eigenvalue weighted by atomic mass is 16.2. The maximum absolute atomic E-state index is 12.4. The Morgan fingerprint density at radius 1 is 1.22 bits per heavy atom. The number of hydrogen-bond acceptors (Lipinski definition) is 3. The molecule has 2 aliphatic rings. The van der Waals surface area contributed by atoms with Crippen LogP contribution in [-0.2, 0) is 4.79 Å². The summed E-state index contributed by atoms with van der Waals surface area (Å²) in [5.41, 5.74) is 1.18. The molecule has 4 rings (SSSR count). The van der Waals surface area contributed by atoms with E-state index in [9.17, 15) is 9.59 Å². The minimum absolute atomic E-state index is 0.188. The van der Waals surface area contributed by atoms with E-state index in [1.54, 1.807) is 0 Å². The normalized spacial score (nSPS) is 26.7. The predicted octanol–water partition coefficient (Wildman–Crippen LogP) is 3.87. The Hall–Kier alpha value is -2.37. The third-order valence-electron chi connectivity index (χ3n) is 5.62. The van der Waals surface area contributed by atoms with Crippen molar-refractivity contribution in [2.75, 3.05) is 0 Å². The van der Waals surface area contributed by atoms with Crippen molar-refractivity contribution in [1.82, 2.24) is 20.0 Å². The van der Waals surface area contributed by atoms with E-state index in [4.69, 9.17) is 0 Å². The van der Waals surface area contributed by atoms with Gasteiger partial charge in [-0.2, -0.15) is 0 Å². The van der Waals surface area contributed by atoms with E-state index in [0.717, 1.165) is 24.3 Å². The summed E-state index contributed by atoms with van der Waals surface area (Å²) in [6, 6.07) is 5.84. The van der Waals surface area contributed by atoms with Crippen molar-refractivity contribution in [2.24, 2.45) is 11.3 Å². The molecule has 146 valence electrons. The first-order valence-corrected chi connectivity index (χ1v) is 9.71. The second kappa shape index (κ2) is 6.98. The predicted molar refractivity (Wildman–Crippen MR) is 105 cm³/mol. The fourth-order valence-corrected chi connectivity index (χ4v) is 4.32. The molecule has 0 radical (unpaired) electrons. The molecule has 2 atom stereocenters. The Morgan fingerprint density at radius 2 is 1.93 bits per heavy atom. The molecule has 6 nitrogen and oxygen atoms in total. The molecule has 0 bridgehead atoms. The summed E-state index contributed by atoms with van der Waals surface area (Å²) in [6.07, 6.45) is 6.02. The third kappa shape index (κ3) is 3.45. The van der Waals surface area contributed by atoms with E-state index in [2.05, 4.69) is 60.7 Å². The first kappa shape index (κ1) is 19.4. The van der Waals surface area contributed by atoms with Gasteiger partial charge in [-0.15, -0.1) is 0 Å². The number of hydrogen-bond donors (Lipinski definition) is 2. The lowest BCUT2D eigenvalue weighted by Gasteiger charge is -2.48. The number of nitrogens with one attached hydrogen (secondary N) is 2. The van der Waals surface area contributed by atoms with Crippen molar-refractivity contribution in [1.29, 1.82) is 0 Å². The largest absolute Gasteiger partial charge is 0.323 e. The summed E-state index contributed by atoms with van der Waals surface area (Å²) in [7, 11) is 0. The number of imide groups is 1. The van der Waals surface area contributed by atoms with Gasteiger partial charge in [0, 0.05) is 11.6 Å². The van der Waals surface area contributed by atoms with Crippen LogP contribution in [0.1, 0.15) is 65.5 Å². The number of fused-ring (bicyclic) bond motifs is 1. The van der Waals surface area contributed by atoms with Gasteiger partial charge in [-0.3, -0.25) is 10.1 Å². The number of rotatable bonds is 1. The first-order chi connectivity index (χ1) is 12.7. The van der Waals surface area contributed by atoms with Gasteiger partial charge in [0.05, 0.1) is 18.0 Å². The molecule has 1 saturated heterocycles. The second-order valence-corrected chi connectivity index (χ2v) is 9.01. The Bertz CT molecular complexity index is 852. The highest BCUT2D eigenvalue weighted by Crippen LogP contribution is 2.50. The zero-order valence-corrected chi connectivity index (χ0v) is 16.9. The number of nitrogens with zero attached hydrogens (tertiary/aromatic N) is 2. The minimum Gasteiger partial charge on any atom is -0.323 e. The number of urea groups is 1. The topological polar surface area (TPSA) is 75.5 Å². The average molecular weight is 370 g/mol. The standard InChI is InChI=1S/C17H20N4O2.C4H10/c1-16(2)8-11(6-7-17(16)14(22)19-15(23)20-17)13-5-3-4-12-9-18-10-21(12)13;1-4(2)3/h3-5,9-11H,6-8H2,1-2H3,(H2,19,20,22,23);4H,1-3H3. The molecule has 1 spiro atoms. The fraction of sp³-hybridized carbons (Fsp3) is 0.571. The lowest BCUT2D eigenvalue weighted by Crippen LogP contribution is -2.60. The zero-order valence-electron chi connectivity index (χ0n) is 16.9. The second-order valence-electron chi connectivity index (χ2n) is 9.01. The number of carbonyl (C=O) groups is 2. The van der Waals surface area contributed by atoms with Crippen LogP contribution >= 0.6 is 0 Å². The number of pyridine rings is 1. The number of aromatic nitrogens is 2. The quantitative estimate of drug-likeness (QED) is 0.748. The lowest BCUT2D eigenvalue weighted by atomic mass is 9.59. The SMILES string of the molecule is CC(C)C.CC1(C)CC(c2cccc3cncn23)CCC12NC(=O)NC2=O. The highest BCUT2D eigenvalue weighted by molar-refractivity contribution is 6.07. The van der Waals surface area contributed by atoms with Crippen LogP contribution in [-0.4, -0.2) is 26.9 Å². The van der Waals surface area contributed by atoms with Crippen molar-refractivity contribution < 1.29 is 9.59 Å². The summed E-state index contributed by atoms with van der Waals surface area (Å²) in [5, 5.41) is 5.30. The van der Waals surface area contributed by atoms with E-state index in [0.29, 0.717) is 12.3 Å². The van der Waals surface area contributed by atoms with Crippen LogP contribution < -0.4 is 10.6 Å². The molecule has 3 heterocycles. The maximum atomic E-state index is 12.4. The number of carbonyl (C=O) groups excluding carboxylic acids is 2. The minimum atomic E-state index is -0.788. The van der Waals surface area contributed by atoms with Crippen molar-refractivity contribution in [3.05, 3.63) is 36.4 Å². The van der Waals surface area contributed by atoms with E-state index in [1.807, 2.05) is 24.7 Å². The van der Waals surface area contributed by atoms with Crippen molar-refractivity contribution >= 4 is 17.5 Å². The first-order valence-electron chi connectivity index (χ1n) is 9.71. The molecule has 1 aliphatic heterocycles. The van der Waals surface area contributed by atoms with Gasteiger partial charge < -0.3 is 9.72 Å². The van der Waals surface area contributed by atoms with Crippen LogP contribution in [0, 0.1) is 11.3 Å². The van der Waals surface area contributed by atoms with E-state index < -0.39 is 5.54 Å². The molecule has 2 aromatic rings. The fourth-order valence-electron chi connectivity index (χ4n) is 4.32. The zero-order chi connectivity index (χ0) is 19.8. The van der Waals surface area contributed by atoms with E-state index in [1.165, 1.54) is 5.69 Å². The Labute approximate surface area is 160 Å². The molecule has 2 aromatic heterocycles.